The van der Waals surface area contributed by atoms with Crippen molar-refractivity contribution in [3.8, 4) is 0 Å². The number of halogens is 1. The van der Waals surface area contributed by atoms with E-state index in [1.807, 2.05) is 16.8 Å². The van der Waals surface area contributed by atoms with Crippen molar-refractivity contribution in [2.75, 3.05) is 0 Å². The van der Waals surface area contributed by atoms with Gasteiger partial charge in [0.05, 0.1) is 21.9 Å². The number of nitrogens with two attached hydrogens (primary N) is 1. The molecule has 14 heavy (non-hydrogen) atoms. The lowest BCUT2D eigenvalue weighted by Crippen LogP contribution is -2.20. The highest BCUT2D eigenvalue weighted by atomic mass is 79.9. The van der Waals surface area contributed by atoms with Crippen molar-refractivity contribution in [1.29, 1.82) is 0 Å². The molecule has 5 heteroatoms. The summed E-state index contributed by atoms with van der Waals surface area (Å²) in [7, 11) is 0. The zero-order valence-electron chi connectivity index (χ0n) is 7.44. The Balaban J connectivity index is 2.29. The summed E-state index contributed by atoms with van der Waals surface area (Å²) in [6.07, 6.45) is 7.59. The topological polar surface area (TPSA) is 56.2 Å². The average Bonchev–Trinajstić information content (AvgIpc) is 2.77. The second-order valence-corrected chi connectivity index (χ2v) is 4.66. The van der Waals surface area contributed by atoms with E-state index in [4.69, 9.17) is 5.73 Å². The van der Waals surface area contributed by atoms with Crippen molar-refractivity contribution in [3.05, 3.63) is 28.8 Å². The number of fused-ring (bicyclic) bond motifs is 1. The maximum Gasteiger partial charge on any atom is 0.234 e. The van der Waals surface area contributed by atoms with Gasteiger partial charge in [-0.1, -0.05) is 0 Å². The van der Waals surface area contributed by atoms with Crippen LogP contribution in [-0.4, -0.2) is 14.4 Å². The van der Waals surface area contributed by atoms with Crippen LogP contribution in [0.1, 0.15) is 18.5 Å². The van der Waals surface area contributed by atoms with Crippen LogP contribution in [0.15, 0.2) is 23.1 Å². The summed E-state index contributed by atoms with van der Waals surface area (Å²) in [5.74, 6) is 0.708. The number of rotatable bonds is 1. The minimum absolute atomic E-state index is 0.165. The summed E-state index contributed by atoms with van der Waals surface area (Å²) in [5, 5.41) is 0. The van der Waals surface area contributed by atoms with Gasteiger partial charge < -0.3 is 5.73 Å². The summed E-state index contributed by atoms with van der Waals surface area (Å²) in [5.41, 5.74) is 7.02. The van der Waals surface area contributed by atoms with E-state index in [1.165, 1.54) is 0 Å². The van der Waals surface area contributed by atoms with Gasteiger partial charge in [0.2, 0.25) is 5.78 Å². The van der Waals surface area contributed by atoms with Crippen LogP contribution < -0.4 is 5.73 Å². The highest BCUT2D eigenvalue weighted by molar-refractivity contribution is 9.10. The second kappa shape index (κ2) is 2.55. The molecule has 2 aromatic rings. The third-order valence-electron chi connectivity index (χ3n) is 2.63. The second-order valence-electron chi connectivity index (χ2n) is 3.74. The van der Waals surface area contributed by atoms with Crippen molar-refractivity contribution in [1.82, 2.24) is 14.4 Å². The minimum Gasteiger partial charge on any atom is -0.320 e. The van der Waals surface area contributed by atoms with Crippen molar-refractivity contribution >= 4 is 21.7 Å². The Hall–Kier alpha value is -0.940. The van der Waals surface area contributed by atoms with Gasteiger partial charge in [-0.25, -0.2) is 9.97 Å². The fourth-order valence-electron chi connectivity index (χ4n) is 1.61. The van der Waals surface area contributed by atoms with Gasteiger partial charge in [-0.2, -0.15) is 0 Å². The molecule has 3 rings (SSSR count). The van der Waals surface area contributed by atoms with Crippen LogP contribution in [0.25, 0.3) is 5.78 Å². The van der Waals surface area contributed by atoms with Gasteiger partial charge in [-0.15, -0.1) is 0 Å². The third kappa shape index (κ3) is 1.09. The van der Waals surface area contributed by atoms with E-state index >= 15 is 0 Å². The van der Waals surface area contributed by atoms with Gasteiger partial charge in [-0.3, -0.25) is 4.40 Å². The zero-order valence-corrected chi connectivity index (χ0v) is 9.03. The van der Waals surface area contributed by atoms with Crippen LogP contribution in [0.5, 0.6) is 0 Å². The Morgan fingerprint density at radius 1 is 1.36 bits per heavy atom. The van der Waals surface area contributed by atoms with E-state index in [0.717, 1.165) is 23.0 Å². The van der Waals surface area contributed by atoms with Gasteiger partial charge in [0, 0.05) is 12.4 Å². The maximum absolute atomic E-state index is 6.12. The summed E-state index contributed by atoms with van der Waals surface area (Å²) in [4.78, 5) is 8.41. The highest BCUT2D eigenvalue weighted by Gasteiger charge is 2.42. The number of nitrogens with zero attached hydrogens (tertiary/aromatic N) is 3. The molecule has 0 atom stereocenters. The molecule has 0 unspecified atom stereocenters. The normalized spacial score (nSPS) is 18.7. The quantitative estimate of drug-likeness (QED) is 0.836. The minimum atomic E-state index is -0.165. The summed E-state index contributed by atoms with van der Waals surface area (Å²) in [6.45, 7) is 0. The molecule has 0 radical (unpaired) electrons. The summed E-state index contributed by atoms with van der Waals surface area (Å²) < 4.78 is 2.89. The Morgan fingerprint density at radius 2 is 2.07 bits per heavy atom. The lowest BCUT2D eigenvalue weighted by atomic mass is 10.2. The van der Waals surface area contributed by atoms with Crippen molar-refractivity contribution in [2.24, 2.45) is 5.73 Å². The van der Waals surface area contributed by atoms with Crippen LogP contribution in [0.4, 0.5) is 0 Å². The number of hydrogen-bond acceptors (Lipinski definition) is 3. The molecule has 1 fully saturated rings. The predicted octanol–water partition coefficient (Wildman–Crippen LogP) is 1.44. The summed E-state index contributed by atoms with van der Waals surface area (Å²) >= 11 is 3.39. The molecule has 0 bridgehead atoms. The SMILES string of the molecule is NC1(c2cnc3ncc(Br)cn23)CC1. The Bertz CT molecular complexity index is 500. The Labute approximate surface area is 89.3 Å². The zero-order chi connectivity index (χ0) is 9.76. The first-order valence-corrected chi connectivity index (χ1v) is 5.26. The first kappa shape index (κ1) is 8.38. The van der Waals surface area contributed by atoms with E-state index in [9.17, 15) is 0 Å². The van der Waals surface area contributed by atoms with E-state index in [0.29, 0.717) is 5.78 Å². The molecule has 72 valence electrons. The molecule has 2 aromatic heterocycles. The highest BCUT2D eigenvalue weighted by Crippen LogP contribution is 2.42. The average molecular weight is 253 g/mol. The molecule has 2 N–H and O–H groups in total. The van der Waals surface area contributed by atoms with Crippen LogP contribution in [0, 0.1) is 0 Å². The lowest BCUT2D eigenvalue weighted by molar-refractivity contribution is 0.696. The third-order valence-corrected chi connectivity index (χ3v) is 3.04. The molecule has 1 aliphatic carbocycles. The standard InChI is InChI=1S/C9H9BrN4/c10-6-3-12-8-13-4-7(14(8)5-6)9(11)1-2-9/h3-5H,1-2,11H2. The monoisotopic (exact) mass is 252 g/mol. The molecule has 0 amide bonds. The van der Waals surface area contributed by atoms with Crippen molar-refractivity contribution in [2.45, 2.75) is 18.4 Å². The van der Waals surface area contributed by atoms with Gasteiger partial charge in [0.25, 0.3) is 0 Å². The number of imidazole rings is 1. The Kier molecular flexibility index (Phi) is 1.52. The van der Waals surface area contributed by atoms with Gasteiger partial charge in [0.1, 0.15) is 0 Å². The fraction of sp³-hybridized carbons (Fsp3) is 0.333. The van der Waals surface area contributed by atoms with E-state index < -0.39 is 0 Å². The molecule has 4 nitrogen and oxygen atoms in total. The maximum atomic E-state index is 6.12. The molecule has 0 spiro atoms. The molecule has 0 aromatic carbocycles. The molecular formula is C9H9BrN4. The molecule has 0 saturated heterocycles. The molecule has 1 saturated carbocycles. The van der Waals surface area contributed by atoms with Crippen LogP contribution in [0.2, 0.25) is 0 Å². The van der Waals surface area contributed by atoms with Crippen LogP contribution in [-0.2, 0) is 5.54 Å². The molecule has 1 aliphatic rings. The van der Waals surface area contributed by atoms with E-state index in [-0.39, 0.29) is 5.54 Å². The first-order chi connectivity index (χ1) is 6.69. The van der Waals surface area contributed by atoms with E-state index in [1.54, 1.807) is 6.20 Å². The Morgan fingerprint density at radius 3 is 2.79 bits per heavy atom. The first-order valence-electron chi connectivity index (χ1n) is 4.47. The predicted molar refractivity (Wildman–Crippen MR) is 55.8 cm³/mol. The largest absolute Gasteiger partial charge is 0.320 e. The van der Waals surface area contributed by atoms with Gasteiger partial charge in [-0.05, 0) is 28.8 Å². The number of aromatic nitrogens is 3. The van der Waals surface area contributed by atoms with Gasteiger partial charge in [0.15, 0.2) is 0 Å². The fourth-order valence-corrected chi connectivity index (χ4v) is 1.92. The van der Waals surface area contributed by atoms with E-state index in [2.05, 4.69) is 25.9 Å². The van der Waals surface area contributed by atoms with Crippen LogP contribution in [0.3, 0.4) is 0 Å². The molecular weight excluding hydrogens is 244 g/mol. The van der Waals surface area contributed by atoms with Gasteiger partial charge >= 0.3 is 0 Å². The summed E-state index contributed by atoms with van der Waals surface area (Å²) in [6, 6.07) is 0. The van der Waals surface area contributed by atoms with Crippen molar-refractivity contribution in [3.63, 3.8) is 0 Å². The lowest BCUT2D eigenvalue weighted by Gasteiger charge is -2.07. The van der Waals surface area contributed by atoms with Crippen LogP contribution >= 0.6 is 15.9 Å². The molecule has 2 heterocycles. The van der Waals surface area contributed by atoms with Crippen molar-refractivity contribution < 1.29 is 0 Å². The number of hydrogen-bond donors (Lipinski definition) is 1. The molecule has 0 aliphatic heterocycles. The smallest absolute Gasteiger partial charge is 0.234 e.